The quantitative estimate of drug-likeness (QED) is 0.850. The number of rotatable bonds is 4. The standard InChI is InChI=1S/C10H13IO3S/c1-15(13,14)7-6-10(12)8-2-4-9(11)5-3-8/h2-5,10,12H,6-7H2,1H3. The molecule has 1 aromatic carbocycles. The number of sulfone groups is 1. The number of hydrogen-bond acceptors (Lipinski definition) is 3. The molecule has 0 bridgehead atoms. The molecule has 0 aliphatic rings. The van der Waals surface area contributed by atoms with Crippen LogP contribution in [0, 0.1) is 3.57 Å². The monoisotopic (exact) mass is 340 g/mol. The first-order valence-electron chi connectivity index (χ1n) is 4.50. The van der Waals surface area contributed by atoms with Gasteiger partial charge in [0.15, 0.2) is 0 Å². The molecule has 15 heavy (non-hydrogen) atoms. The van der Waals surface area contributed by atoms with Crippen LogP contribution in [0.2, 0.25) is 0 Å². The molecule has 1 rings (SSSR count). The van der Waals surface area contributed by atoms with E-state index < -0.39 is 15.9 Å². The molecule has 5 heteroatoms. The van der Waals surface area contributed by atoms with Crippen molar-refractivity contribution in [2.24, 2.45) is 0 Å². The lowest BCUT2D eigenvalue weighted by atomic mass is 10.1. The molecule has 0 fully saturated rings. The van der Waals surface area contributed by atoms with Crippen molar-refractivity contribution in [1.82, 2.24) is 0 Å². The fourth-order valence-electron chi connectivity index (χ4n) is 1.18. The molecule has 84 valence electrons. The normalized spacial score (nSPS) is 13.8. The molecule has 1 atom stereocenters. The van der Waals surface area contributed by atoms with E-state index in [1.54, 1.807) is 0 Å². The van der Waals surface area contributed by atoms with Crippen LogP contribution in [0.1, 0.15) is 18.1 Å². The zero-order chi connectivity index (χ0) is 11.5. The van der Waals surface area contributed by atoms with Crippen molar-refractivity contribution in [3.05, 3.63) is 33.4 Å². The predicted octanol–water partition coefficient (Wildman–Crippen LogP) is 1.76. The molecule has 1 unspecified atom stereocenters. The van der Waals surface area contributed by atoms with Crippen LogP contribution < -0.4 is 0 Å². The van der Waals surface area contributed by atoms with Crippen LogP contribution in [0.25, 0.3) is 0 Å². The molecule has 0 heterocycles. The van der Waals surface area contributed by atoms with Gasteiger partial charge in [-0.3, -0.25) is 0 Å². The molecule has 0 radical (unpaired) electrons. The van der Waals surface area contributed by atoms with Crippen molar-refractivity contribution in [1.29, 1.82) is 0 Å². The Morgan fingerprint density at radius 2 is 1.87 bits per heavy atom. The van der Waals surface area contributed by atoms with Gasteiger partial charge in [0, 0.05) is 9.83 Å². The Balaban J connectivity index is 2.61. The highest BCUT2D eigenvalue weighted by molar-refractivity contribution is 14.1. The lowest BCUT2D eigenvalue weighted by Gasteiger charge is -2.09. The summed E-state index contributed by atoms with van der Waals surface area (Å²) >= 11 is 2.18. The van der Waals surface area contributed by atoms with Gasteiger partial charge < -0.3 is 5.11 Å². The summed E-state index contributed by atoms with van der Waals surface area (Å²) in [6.45, 7) is 0. The average Bonchev–Trinajstić information content (AvgIpc) is 2.14. The second-order valence-corrected chi connectivity index (χ2v) is 6.99. The van der Waals surface area contributed by atoms with E-state index in [0.717, 1.165) is 9.13 Å². The first-order valence-corrected chi connectivity index (χ1v) is 7.63. The number of aliphatic hydroxyl groups is 1. The third-order valence-electron chi connectivity index (χ3n) is 2.02. The van der Waals surface area contributed by atoms with Gasteiger partial charge in [0.2, 0.25) is 0 Å². The fraction of sp³-hybridized carbons (Fsp3) is 0.400. The van der Waals surface area contributed by atoms with Gasteiger partial charge in [-0.25, -0.2) is 8.42 Å². The highest BCUT2D eigenvalue weighted by atomic mass is 127. The summed E-state index contributed by atoms with van der Waals surface area (Å²) in [5, 5.41) is 9.71. The highest BCUT2D eigenvalue weighted by Gasteiger charge is 2.10. The minimum Gasteiger partial charge on any atom is -0.388 e. The first-order chi connectivity index (χ1) is 6.88. The van der Waals surface area contributed by atoms with E-state index in [0.29, 0.717) is 0 Å². The molecule has 0 aliphatic heterocycles. The Morgan fingerprint density at radius 1 is 1.33 bits per heavy atom. The summed E-state index contributed by atoms with van der Waals surface area (Å²) in [7, 11) is -3.00. The summed E-state index contributed by atoms with van der Waals surface area (Å²) in [5.41, 5.74) is 0.763. The lowest BCUT2D eigenvalue weighted by Crippen LogP contribution is -2.08. The molecule has 0 aromatic heterocycles. The molecule has 1 aromatic rings. The van der Waals surface area contributed by atoms with E-state index in [4.69, 9.17) is 0 Å². The predicted molar refractivity (Wildman–Crippen MR) is 68.4 cm³/mol. The van der Waals surface area contributed by atoms with Crippen LogP contribution in [0.5, 0.6) is 0 Å². The Kier molecular flexibility index (Phi) is 4.54. The molecule has 3 nitrogen and oxygen atoms in total. The fourth-order valence-corrected chi connectivity index (χ4v) is 2.19. The molecular formula is C10H13IO3S. The van der Waals surface area contributed by atoms with Gasteiger partial charge in [0.05, 0.1) is 11.9 Å². The molecule has 0 aliphatic carbocycles. The molecule has 0 saturated carbocycles. The van der Waals surface area contributed by atoms with Crippen molar-refractivity contribution >= 4 is 32.4 Å². The Morgan fingerprint density at radius 3 is 2.33 bits per heavy atom. The minimum atomic E-state index is -3.00. The summed E-state index contributed by atoms with van der Waals surface area (Å²) < 4.78 is 22.9. The van der Waals surface area contributed by atoms with E-state index >= 15 is 0 Å². The minimum absolute atomic E-state index is 0.0140. The van der Waals surface area contributed by atoms with Gasteiger partial charge in [-0.2, -0.15) is 0 Å². The van der Waals surface area contributed by atoms with Crippen LogP contribution in [0.3, 0.4) is 0 Å². The third kappa shape index (κ3) is 4.94. The summed E-state index contributed by atoms with van der Waals surface area (Å²) in [6.07, 6.45) is 0.726. The van der Waals surface area contributed by atoms with Crippen LogP contribution in [0.4, 0.5) is 0 Å². The Labute approximate surface area is 104 Å². The van der Waals surface area contributed by atoms with E-state index in [2.05, 4.69) is 22.6 Å². The largest absolute Gasteiger partial charge is 0.388 e. The zero-order valence-electron chi connectivity index (χ0n) is 8.35. The number of halogens is 1. The van der Waals surface area contributed by atoms with Gasteiger partial charge in [-0.15, -0.1) is 0 Å². The van der Waals surface area contributed by atoms with Crippen LogP contribution in [-0.4, -0.2) is 25.5 Å². The second kappa shape index (κ2) is 5.27. The highest BCUT2D eigenvalue weighted by Crippen LogP contribution is 2.18. The van der Waals surface area contributed by atoms with Crippen LogP contribution in [0.15, 0.2) is 24.3 Å². The number of aliphatic hydroxyl groups excluding tert-OH is 1. The van der Waals surface area contributed by atoms with Crippen molar-refractivity contribution in [3.63, 3.8) is 0 Å². The Bertz CT molecular complexity index is 411. The van der Waals surface area contributed by atoms with Gasteiger partial charge in [-0.1, -0.05) is 12.1 Å². The molecule has 0 saturated heterocycles. The summed E-state index contributed by atoms with van der Waals surface area (Å²) in [5.74, 6) is 0.0140. The number of benzene rings is 1. The van der Waals surface area contributed by atoms with Crippen molar-refractivity contribution in [2.45, 2.75) is 12.5 Å². The average molecular weight is 340 g/mol. The Hall–Kier alpha value is -0.140. The van der Waals surface area contributed by atoms with Crippen molar-refractivity contribution in [3.8, 4) is 0 Å². The molecular weight excluding hydrogens is 327 g/mol. The maximum atomic E-state index is 10.9. The van der Waals surface area contributed by atoms with Crippen LogP contribution in [-0.2, 0) is 9.84 Å². The van der Waals surface area contributed by atoms with E-state index in [9.17, 15) is 13.5 Å². The maximum Gasteiger partial charge on any atom is 0.147 e. The smallest absolute Gasteiger partial charge is 0.147 e. The second-order valence-electron chi connectivity index (χ2n) is 3.49. The summed E-state index contributed by atoms with van der Waals surface area (Å²) in [4.78, 5) is 0. The molecule has 1 N–H and O–H groups in total. The SMILES string of the molecule is CS(=O)(=O)CCC(O)c1ccc(I)cc1. The van der Waals surface area contributed by atoms with Gasteiger partial charge in [0.25, 0.3) is 0 Å². The maximum absolute atomic E-state index is 10.9. The van der Waals surface area contributed by atoms with E-state index in [-0.39, 0.29) is 12.2 Å². The van der Waals surface area contributed by atoms with Crippen molar-refractivity contribution in [2.75, 3.05) is 12.0 Å². The zero-order valence-corrected chi connectivity index (χ0v) is 11.3. The topological polar surface area (TPSA) is 54.4 Å². The van der Waals surface area contributed by atoms with Gasteiger partial charge in [-0.05, 0) is 46.7 Å². The number of hydrogen-bond donors (Lipinski definition) is 1. The van der Waals surface area contributed by atoms with Crippen molar-refractivity contribution < 1.29 is 13.5 Å². The molecule has 0 amide bonds. The van der Waals surface area contributed by atoms with Gasteiger partial charge in [0.1, 0.15) is 9.84 Å². The molecule has 0 spiro atoms. The third-order valence-corrected chi connectivity index (χ3v) is 3.71. The van der Waals surface area contributed by atoms with E-state index in [1.165, 1.54) is 6.26 Å². The summed E-state index contributed by atoms with van der Waals surface area (Å²) in [6, 6.07) is 7.41. The van der Waals surface area contributed by atoms with Gasteiger partial charge >= 0.3 is 0 Å². The lowest BCUT2D eigenvalue weighted by molar-refractivity contribution is 0.174. The van der Waals surface area contributed by atoms with Crippen LogP contribution >= 0.6 is 22.6 Å². The first kappa shape index (κ1) is 12.9. The van der Waals surface area contributed by atoms with E-state index in [1.807, 2.05) is 24.3 Å².